The second kappa shape index (κ2) is 13.4. The van der Waals surface area contributed by atoms with E-state index in [0.29, 0.717) is 25.7 Å². The van der Waals surface area contributed by atoms with Crippen LogP contribution in [0.4, 0.5) is 0 Å². The fourth-order valence-electron chi connectivity index (χ4n) is 4.25. The molecule has 184 valence electrons. The van der Waals surface area contributed by atoms with E-state index in [1.165, 1.54) is 0 Å². The van der Waals surface area contributed by atoms with Gasteiger partial charge in [0.2, 0.25) is 0 Å². The third-order valence-electron chi connectivity index (χ3n) is 6.65. The standard InChI is InChI=1S/2C12H20O3S.Ca/c2*1-4-10-7-11(5-2)9-12(6-3,8-10)16(13,14)15;/h2*7-8H,4-6,9H2,1-3H3,(H,13,14,15);/q;;+2/p-2. The Bertz CT molecular complexity index is 924. The minimum atomic E-state index is -4.29. The average molecular weight is 527 g/mol. The maximum Gasteiger partial charge on any atom is 2.00 e. The number of hydrogen-bond donors (Lipinski definition) is 0. The first-order valence-electron chi connectivity index (χ1n) is 11.5. The third-order valence-corrected chi connectivity index (χ3v) is 9.74. The van der Waals surface area contributed by atoms with Crippen molar-refractivity contribution in [2.45, 2.75) is 102 Å². The minimum Gasteiger partial charge on any atom is -0.747 e. The monoisotopic (exact) mass is 526 g/mol. The Balaban J connectivity index is 0.000000602. The summed E-state index contributed by atoms with van der Waals surface area (Å²) in [6.07, 6.45) is 11.9. The van der Waals surface area contributed by atoms with Gasteiger partial charge in [-0.1, -0.05) is 88.1 Å². The first-order chi connectivity index (χ1) is 14.8. The van der Waals surface area contributed by atoms with Gasteiger partial charge in [0, 0.05) is 0 Å². The van der Waals surface area contributed by atoms with Crippen molar-refractivity contribution in [2.24, 2.45) is 0 Å². The Kier molecular flexibility index (Phi) is 13.4. The Labute approximate surface area is 231 Å². The zero-order valence-electron chi connectivity index (χ0n) is 20.9. The molecule has 0 amide bonds. The topological polar surface area (TPSA) is 114 Å². The van der Waals surface area contributed by atoms with Crippen LogP contribution in [0.5, 0.6) is 0 Å². The second-order valence-corrected chi connectivity index (χ2v) is 12.0. The van der Waals surface area contributed by atoms with Crippen molar-refractivity contribution in [2.75, 3.05) is 0 Å². The van der Waals surface area contributed by atoms with Gasteiger partial charge in [0.05, 0.1) is 9.49 Å². The minimum absolute atomic E-state index is 0. The van der Waals surface area contributed by atoms with Crippen molar-refractivity contribution in [1.29, 1.82) is 0 Å². The van der Waals surface area contributed by atoms with E-state index in [1.54, 1.807) is 26.0 Å². The molecule has 0 spiro atoms. The van der Waals surface area contributed by atoms with Crippen LogP contribution in [0, 0.1) is 0 Å². The smallest absolute Gasteiger partial charge is 0.747 e. The van der Waals surface area contributed by atoms with Crippen molar-refractivity contribution in [3.05, 3.63) is 46.6 Å². The first-order valence-corrected chi connectivity index (χ1v) is 14.3. The molecule has 2 unspecified atom stereocenters. The Hall–Kier alpha value is 0.0397. The summed E-state index contributed by atoms with van der Waals surface area (Å²) in [5.74, 6) is 0. The van der Waals surface area contributed by atoms with E-state index in [-0.39, 0.29) is 37.7 Å². The molecule has 0 aromatic heterocycles. The Morgan fingerprint density at radius 2 is 0.970 bits per heavy atom. The quantitative estimate of drug-likeness (QED) is 0.320. The molecule has 33 heavy (non-hydrogen) atoms. The van der Waals surface area contributed by atoms with Crippen LogP contribution < -0.4 is 0 Å². The van der Waals surface area contributed by atoms with Crippen LogP contribution in [-0.4, -0.2) is 73.2 Å². The summed E-state index contributed by atoms with van der Waals surface area (Å²) in [6, 6.07) is 0. The van der Waals surface area contributed by atoms with Crippen molar-refractivity contribution in [3.8, 4) is 0 Å². The van der Waals surface area contributed by atoms with Gasteiger partial charge in [-0.2, -0.15) is 0 Å². The number of allylic oxidation sites excluding steroid dienone is 6. The van der Waals surface area contributed by atoms with Gasteiger partial charge in [0.25, 0.3) is 0 Å². The predicted molar refractivity (Wildman–Crippen MR) is 134 cm³/mol. The maximum atomic E-state index is 11.4. The SMILES string of the molecule is CCC1=CC(CC)(S(=O)(=O)[O-])CC(CC)=C1.CCC1=CC(CC)(S(=O)(=O)[O-])CC(CC)=C1.[Ca+2]. The summed E-state index contributed by atoms with van der Waals surface area (Å²) in [4.78, 5) is 0. The summed E-state index contributed by atoms with van der Waals surface area (Å²) < 4.78 is 66.2. The summed E-state index contributed by atoms with van der Waals surface area (Å²) in [6.45, 7) is 11.4. The molecule has 2 rings (SSSR count). The molecule has 2 atom stereocenters. The van der Waals surface area contributed by atoms with Gasteiger partial charge in [0.1, 0.15) is 20.2 Å². The molecule has 0 fully saturated rings. The van der Waals surface area contributed by atoms with E-state index in [1.807, 2.05) is 39.8 Å². The van der Waals surface area contributed by atoms with Crippen LogP contribution in [0.3, 0.4) is 0 Å². The van der Waals surface area contributed by atoms with Crippen molar-refractivity contribution in [1.82, 2.24) is 0 Å². The molecular formula is C24H38CaO6S2. The summed E-state index contributed by atoms with van der Waals surface area (Å²) in [5, 5.41) is 0. The fraction of sp³-hybridized carbons (Fsp3) is 0.667. The van der Waals surface area contributed by atoms with Gasteiger partial charge in [-0.15, -0.1) is 0 Å². The number of hydrogen-bond acceptors (Lipinski definition) is 6. The van der Waals surface area contributed by atoms with Crippen LogP contribution in [-0.2, 0) is 20.2 Å². The van der Waals surface area contributed by atoms with E-state index in [4.69, 9.17) is 0 Å². The third kappa shape index (κ3) is 8.02. The van der Waals surface area contributed by atoms with E-state index < -0.39 is 29.7 Å². The number of rotatable bonds is 8. The Morgan fingerprint density at radius 1 is 0.667 bits per heavy atom. The van der Waals surface area contributed by atoms with Crippen LogP contribution in [0.2, 0.25) is 0 Å². The molecule has 2 aliphatic carbocycles. The van der Waals surface area contributed by atoms with Gasteiger partial charge in [-0.3, -0.25) is 0 Å². The molecule has 6 nitrogen and oxygen atoms in total. The predicted octanol–water partition coefficient (Wildman–Crippen LogP) is 5.13. The molecule has 0 aromatic rings. The summed E-state index contributed by atoms with van der Waals surface area (Å²) >= 11 is 0. The van der Waals surface area contributed by atoms with Gasteiger partial charge in [-0.25, -0.2) is 16.8 Å². The molecular weight excluding hydrogens is 488 g/mol. The summed E-state index contributed by atoms with van der Waals surface area (Å²) in [5.41, 5.74) is 4.04. The largest absolute Gasteiger partial charge is 2.00 e. The van der Waals surface area contributed by atoms with E-state index in [9.17, 15) is 25.9 Å². The van der Waals surface area contributed by atoms with Crippen LogP contribution in [0.15, 0.2) is 46.6 Å². The molecule has 0 N–H and O–H groups in total. The fourth-order valence-corrected chi connectivity index (χ4v) is 6.27. The average Bonchev–Trinajstić information content (AvgIpc) is 2.76. The van der Waals surface area contributed by atoms with Crippen molar-refractivity contribution < 1.29 is 25.9 Å². The van der Waals surface area contributed by atoms with Crippen LogP contribution in [0.1, 0.15) is 92.9 Å². The second-order valence-electron chi connectivity index (χ2n) is 8.56. The molecule has 0 saturated heterocycles. The first kappa shape index (κ1) is 33.0. The van der Waals surface area contributed by atoms with E-state index in [2.05, 4.69) is 0 Å². The van der Waals surface area contributed by atoms with Crippen LogP contribution in [0.25, 0.3) is 0 Å². The molecule has 0 aliphatic heterocycles. The summed E-state index contributed by atoms with van der Waals surface area (Å²) in [7, 11) is -8.58. The molecule has 9 heteroatoms. The molecule has 2 aliphatic rings. The molecule has 0 aromatic carbocycles. The van der Waals surface area contributed by atoms with Gasteiger partial charge in [-0.05, 0) is 51.4 Å². The maximum absolute atomic E-state index is 11.4. The van der Waals surface area contributed by atoms with Crippen molar-refractivity contribution >= 4 is 58.0 Å². The van der Waals surface area contributed by atoms with Crippen molar-refractivity contribution in [3.63, 3.8) is 0 Å². The molecule has 0 heterocycles. The van der Waals surface area contributed by atoms with E-state index >= 15 is 0 Å². The van der Waals surface area contributed by atoms with Gasteiger partial charge < -0.3 is 9.11 Å². The zero-order chi connectivity index (χ0) is 24.8. The zero-order valence-corrected chi connectivity index (χ0v) is 24.8. The molecule has 0 radical (unpaired) electrons. The normalized spacial score (nSPS) is 25.5. The van der Waals surface area contributed by atoms with Crippen LogP contribution >= 0.6 is 0 Å². The van der Waals surface area contributed by atoms with Gasteiger partial charge in [0.15, 0.2) is 0 Å². The van der Waals surface area contributed by atoms with Gasteiger partial charge >= 0.3 is 37.7 Å². The Morgan fingerprint density at radius 3 is 1.15 bits per heavy atom. The molecule has 0 bridgehead atoms. The van der Waals surface area contributed by atoms with E-state index in [0.717, 1.165) is 48.0 Å². The molecule has 0 saturated carbocycles.